The number of ether oxygens (including phenoxy) is 1. The van der Waals surface area contributed by atoms with Gasteiger partial charge in [0.1, 0.15) is 0 Å². The fraction of sp³-hybridized carbons (Fsp3) is 1.00. The molecule has 0 saturated carbocycles. The van der Waals surface area contributed by atoms with Crippen molar-refractivity contribution in [2.75, 3.05) is 46.5 Å². The molecule has 0 spiro atoms. The second-order valence-corrected chi connectivity index (χ2v) is 3.12. The van der Waals surface area contributed by atoms with E-state index >= 15 is 0 Å². The highest BCUT2D eigenvalue weighted by molar-refractivity contribution is 4.67. The normalized spacial score (nSPS) is 21.7. The van der Waals surface area contributed by atoms with Crippen LogP contribution in [0.3, 0.4) is 0 Å². The van der Waals surface area contributed by atoms with E-state index in [1.807, 2.05) is 0 Å². The van der Waals surface area contributed by atoms with E-state index in [1.54, 1.807) is 7.11 Å². The first-order chi connectivity index (χ1) is 6.33. The number of rotatable bonds is 5. The molecule has 0 amide bonds. The molecule has 1 aliphatic heterocycles. The minimum atomic E-state index is -0.377. The molecule has 0 radical (unpaired) electrons. The molecule has 13 heavy (non-hydrogen) atoms. The van der Waals surface area contributed by atoms with Crippen molar-refractivity contribution in [3.05, 3.63) is 0 Å². The van der Waals surface area contributed by atoms with E-state index in [2.05, 4.69) is 15.2 Å². The first-order valence-corrected chi connectivity index (χ1v) is 4.57. The Morgan fingerprint density at radius 3 is 2.85 bits per heavy atom. The quantitative estimate of drug-likeness (QED) is 0.535. The fourth-order valence-electron chi connectivity index (χ4n) is 1.33. The van der Waals surface area contributed by atoms with Gasteiger partial charge >= 0.3 is 0 Å². The number of nitrogens with zero attached hydrogens (tertiary/aromatic N) is 1. The Bertz CT molecular complexity index is 129. The zero-order chi connectivity index (χ0) is 9.52. The van der Waals surface area contributed by atoms with Gasteiger partial charge in [-0.15, -0.1) is 0 Å². The SMILES string of the molecule is CONCC(O)CN1CCOCC1. The van der Waals surface area contributed by atoms with E-state index in [1.165, 1.54) is 0 Å². The second-order valence-electron chi connectivity index (χ2n) is 3.12. The average Bonchev–Trinajstić information content (AvgIpc) is 2.16. The van der Waals surface area contributed by atoms with Gasteiger partial charge in [0.05, 0.1) is 26.4 Å². The van der Waals surface area contributed by atoms with Crippen molar-refractivity contribution in [3.63, 3.8) is 0 Å². The molecule has 5 heteroatoms. The lowest BCUT2D eigenvalue weighted by atomic mass is 10.3. The third-order valence-electron chi connectivity index (χ3n) is 2.04. The van der Waals surface area contributed by atoms with Crippen molar-refractivity contribution in [2.45, 2.75) is 6.10 Å². The van der Waals surface area contributed by atoms with E-state index in [0.29, 0.717) is 13.1 Å². The lowest BCUT2D eigenvalue weighted by molar-refractivity contribution is -0.0000602. The summed E-state index contributed by atoms with van der Waals surface area (Å²) in [7, 11) is 1.54. The lowest BCUT2D eigenvalue weighted by Gasteiger charge is -2.28. The van der Waals surface area contributed by atoms with Gasteiger partial charge in [-0.1, -0.05) is 0 Å². The number of nitrogens with one attached hydrogen (secondary N) is 1. The number of morpholine rings is 1. The number of aliphatic hydroxyl groups excluding tert-OH is 1. The van der Waals surface area contributed by atoms with Crippen LogP contribution in [-0.4, -0.2) is 62.6 Å². The van der Waals surface area contributed by atoms with Crippen molar-refractivity contribution in [3.8, 4) is 0 Å². The third kappa shape index (κ3) is 4.54. The molecule has 1 saturated heterocycles. The van der Waals surface area contributed by atoms with Crippen LogP contribution in [0.2, 0.25) is 0 Å². The van der Waals surface area contributed by atoms with Crippen molar-refractivity contribution < 1.29 is 14.7 Å². The highest BCUT2D eigenvalue weighted by Gasteiger charge is 2.14. The van der Waals surface area contributed by atoms with E-state index in [0.717, 1.165) is 26.3 Å². The molecule has 1 heterocycles. The van der Waals surface area contributed by atoms with Crippen LogP contribution in [0.4, 0.5) is 0 Å². The molecular formula is C8H18N2O3. The number of hydrogen-bond acceptors (Lipinski definition) is 5. The standard InChI is InChI=1S/C8H18N2O3/c1-12-9-6-8(11)7-10-2-4-13-5-3-10/h8-9,11H,2-7H2,1H3. The average molecular weight is 190 g/mol. The van der Waals surface area contributed by atoms with Crippen LogP contribution in [0, 0.1) is 0 Å². The van der Waals surface area contributed by atoms with Gasteiger partial charge in [-0.25, -0.2) is 5.48 Å². The highest BCUT2D eigenvalue weighted by atomic mass is 16.6. The minimum Gasteiger partial charge on any atom is -0.390 e. The predicted octanol–water partition coefficient (Wildman–Crippen LogP) is -1.17. The van der Waals surface area contributed by atoms with Gasteiger partial charge in [0, 0.05) is 26.2 Å². The van der Waals surface area contributed by atoms with Crippen LogP contribution in [0.5, 0.6) is 0 Å². The molecule has 78 valence electrons. The lowest BCUT2D eigenvalue weighted by Crippen LogP contribution is -2.43. The number of hydroxylamine groups is 1. The molecule has 0 aromatic rings. The molecule has 0 bridgehead atoms. The molecule has 1 rings (SSSR count). The Labute approximate surface area is 78.6 Å². The van der Waals surface area contributed by atoms with Gasteiger partial charge < -0.3 is 14.7 Å². The van der Waals surface area contributed by atoms with Crippen molar-refractivity contribution in [1.82, 2.24) is 10.4 Å². The zero-order valence-corrected chi connectivity index (χ0v) is 8.03. The maximum atomic E-state index is 9.51. The van der Waals surface area contributed by atoms with Crippen LogP contribution < -0.4 is 5.48 Å². The highest BCUT2D eigenvalue weighted by Crippen LogP contribution is 1.97. The van der Waals surface area contributed by atoms with E-state index in [-0.39, 0.29) is 6.10 Å². The van der Waals surface area contributed by atoms with Gasteiger partial charge in [0.15, 0.2) is 0 Å². The van der Waals surface area contributed by atoms with Crippen LogP contribution in [-0.2, 0) is 9.57 Å². The number of hydrogen-bond donors (Lipinski definition) is 2. The summed E-state index contributed by atoms with van der Waals surface area (Å²) >= 11 is 0. The summed E-state index contributed by atoms with van der Waals surface area (Å²) < 4.78 is 5.20. The Morgan fingerprint density at radius 2 is 2.23 bits per heavy atom. The van der Waals surface area contributed by atoms with E-state index < -0.39 is 0 Å². The predicted molar refractivity (Wildman–Crippen MR) is 48.3 cm³/mol. The van der Waals surface area contributed by atoms with Crippen molar-refractivity contribution in [1.29, 1.82) is 0 Å². The first kappa shape index (κ1) is 10.9. The number of β-amino-alcohol motifs (C(OH)–C–C–N with tert-alkyl or cyclic N) is 1. The molecule has 1 unspecified atom stereocenters. The summed E-state index contributed by atoms with van der Waals surface area (Å²) in [5, 5.41) is 9.51. The zero-order valence-electron chi connectivity index (χ0n) is 8.03. The summed E-state index contributed by atoms with van der Waals surface area (Å²) in [6.45, 7) is 4.50. The van der Waals surface area contributed by atoms with Crippen LogP contribution in [0.15, 0.2) is 0 Å². The van der Waals surface area contributed by atoms with Crippen molar-refractivity contribution in [2.24, 2.45) is 0 Å². The Kier molecular flexibility index (Phi) is 5.26. The Hall–Kier alpha value is -0.200. The Morgan fingerprint density at radius 1 is 1.54 bits per heavy atom. The second kappa shape index (κ2) is 6.28. The fourth-order valence-corrected chi connectivity index (χ4v) is 1.33. The summed E-state index contributed by atoms with van der Waals surface area (Å²) in [6.07, 6.45) is -0.377. The summed E-state index contributed by atoms with van der Waals surface area (Å²) in [5.74, 6) is 0. The van der Waals surface area contributed by atoms with Gasteiger partial charge in [-0.05, 0) is 0 Å². The molecular weight excluding hydrogens is 172 g/mol. The molecule has 0 aromatic carbocycles. The topological polar surface area (TPSA) is 54.0 Å². The molecule has 2 N–H and O–H groups in total. The molecule has 1 aliphatic rings. The largest absolute Gasteiger partial charge is 0.390 e. The van der Waals surface area contributed by atoms with Gasteiger partial charge in [-0.2, -0.15) is 0 Å². The van der Waals surface area contributed by atoms with Crippen LogP contribution in [0.25, 0.3) is 0 Å². The maximum absolute atomic E-state index is 9.51. The first-order valence-electron chi connectivity index (χ1n) is 4.57. The summed E-state index contributed by atoms with van der Waals surface area (Å²) in [6, 6.07) is 0. The van der Waals surface area contributed by atoms with Crippen molar-refractivity contribution >= 4 is 0 Å². The van der Waals surface area contributed by atoms with Gasteiger partial charge in [-0.3, -0.25) is 4.90 Å². The molecule has 0 aliphatic carbocycles. The van der Waals surface area contributed by atoms with E-state index in [9.17, 15) is 5.11 Å². The molecule has 5 nitrogen and oxygen atoms in total. The molecule has 1 fully saturated rings. The summed E-state index contributed by atoms with van der Waals surface area (Å²) in [5.41, 5.74) is 2.63. The number of aliphatic hydroxyl groups is 1. The maximum Gasteiger partial charge on any atom is 0.0814 e. The van der Waals surface area contributed by atoms with Gasteiger partial charge in [0.25, 0.3) is 0 Å². The van der Waals surface area contributed by atoms with Crippen LogP contribution in [0.1, 0.15) is 0 Å². The Balaban J connectivity index is 2.07. The van der Waals surface area contributed by atoms with Crippen LogP contribution >= 0.6 is 0 Å². The monoisotopic (exact) mass is 190 g/mol. The van der Waals surface area contributed by atoms with E-state index in [4.69, 9.17) is 4.74 Å². The van der Waals surface area contributed by atoms with Gasteiger partial charge in [0.2, 0.25) is 0 Å². The molecule has 1 atom stereocenters. The minimum absolute atomic E-state index is 0.377. The smallest absolute Gasteiger partial charge is 0.0814 e. The summed E-state index contributed by atoms with van der Waals surface area (Å²) in [4.78, 5) is 6.83. The third-order valence-corrected chi connectivity index (χ3v) is 2.04. The molecule has 0 aromatic heterocycles.